The number of hydrogen-bond donors (Lipinski definition) is 1. The third-order valence-corrected chi connectivity index (χ3v) is 3.40. The fourth-order valence-electron chi connectivity index (χ4n) is 2.01. The van der Waals surface area contributed by atoms with Gasteiger partial charge in [0.1, 0.15) is 5.75 Å². The summed E-state index contributed by atoms with van der Waals surface area (Å²) in [6.45, 7) is 0. The summed E-state index contributed by atoms with van der Waals surface area (Å²) in [6, 6.07) is 12.4. The number of H-pyrrole nitrogens is 1. The van der Waals surface area contributed by atoms with Crippen LogP contribution in [0.2, 0.25) is 0 Å². The van der Waals surface area contributed by atoms with Crippen LogP contribution in [0.4, 0.5) is 0 Å². The Balaban J connectivity index is 2.46. The molecule has 0 saturated carbocycles. The molecule has 2 aromatic carbocycles. The minimum Gasteiger partial charge on any atom is -0.495 e. The molecule has 3 aromatic rings. The number of hydrogen-bond acceptors (Lipinski definition) is 1. The molecule has 1 aromatic heterocycles. The zero-order chi connectivity index (χ0) is 11.1. The SMILES string of the molecule is COc1cc2[nH]c3ccccc3c2cc1Br. The number of rotatable bonds is 1. The lowest BCUT2D eigenvalue weighted by atomic mass is 10.1. The quantitative estimate of drug-likeness (QED) is 0.711. The normalized spacial score (nSPS) is 11.1. The molecule has 0 aliphatic rings. The summed E-state index contributed by atoms with van der Waals surface area (Å²) in [5.41, 5.74) is 2.25. The van der Waals surface area contributed by atoms with E-state index in [9.17, 15) is 0 Å². The first-order chi connectivity index (χ1) is 7.79. The fourth-order valence-corrected chi connectivity index (χ4v) is 2.51. The van der Waals surface area contributed by atoms with E-state index in [1.165, 1.54) is 10.8 Å². The summed E-state index contributed by atoms with van der Waals surface area (Å²) >= 11 is 3.51. The van der Waals surface area contributed by atoms with E-state index in [1.807, 2.05) is 18.2 Å². The molecular formula is C13H10BrNO. The molecule has 0 aliphatic heterocycles. The van der Waals surface area contributed by atoms with Crippen molar-refractivity contribution in [1.29, 1.82) is 0 Å². The minimum absolute atomic E-state index is 0.846. The predicted octanol–water partition coefficient (Wildman–Crippen LogP) is 4.09. The van der Waals surface area contributed by atoms with Crippen LogP contribution >= 0.6 is 15.9 Å². The molecular weight excluding hydrogens is 266 g/mol. The number of benzene rings is 2. The Kier molecular flexibility index (Phi) is 2.14. The van der Waals surface area contributed by atoms with Gasteiger partial charge in [-0.3, -0.25) is 0 Å². The number of nitrogens with one attached hydrogen (secondary N) is 1. The van der Waals surface area contributed by atoms with Crippen LogP contribution in [0.25, 0.3) is 21.8 Å². The van der Waals surface area contributed by atoms with Gasteiger partial charge in [0, 0.05) is 22.4 Å². The Morgan fingerprint density at radius 3 is 2.69 bits per heavy atom. The zero-order valence-electron chi connectivity index (χ0n) is 8.75. The lowest BCUT2D eigenvalue weighted by molar-refractivity contribution is 0.413. The van der Waals surface area contributed by atoms with Gasteiger partial charge in [0.15, 0.2) is 0 Å². The van der Waals surface area contributed by atoms with Crippen molar-refractivity contribution in [2.75, 3.05) is 7.11 Å². The molecule has 0 atom stereocenters. The van der Waals surface area contributed by atoms with Crippen LogP contribution in [0.5, 0.6) is 5.75 Å². The largest absolute Gasteiger partial charge is 0.495 e. The first-order valence-corrected chi connectivity index (χ1v) is 5.83. The summed E-state index contributed by atoms with van der Waals surface area (Å²) in [6.07, 6.45) is 0. The summed E-state index contributed by atoms with van der Waals surface area (Å²) in [5.74, 6) is 0.846. The van der Waals surface area contributed by atoms with Crippen molar-refractivity contribution in [3.63, 3.8) is 0 Å². The average molecular weight is 276 g/mol. The molecule has 80 valence electrons. The average Bonchev–Trinajstić information content (AvgIpc) is 2.66. The molecule has 3 rings (SSSR count). The summed E-state index contributed by atoms with van der Waals surface area (Å²) < 4.78 is 6.26. The van der Waals surface area contributed by atoms with Crippen molar-refractivity contribution in [3.8, 4) is 5.75 Å². The number of aromatic amines is 1. The van der Waals surface area contributed by atoms with Gasteiger partial charge in [-0.15, -0.1) is 0 Å². The molecule has 0 aliphatic carbocycles. The first-order valence-electron chi connectivity index (χ1n) is 5.03. The number of halogens is 1. The van der Waals surface area contributed by atoms with E-state index in [1.54, 1.807) is 7.11 Å². The Morgan fingerprint density at radius 2 is 1.88 bits per heavy atom. The van der Waals surface area contributed by atoms with Crippen molar-refractivity contribution in [3.05, 3.63) is 40.9 Å². The Bertz CT molecular complexity index is 672. The van der Waals surface area contributed by atoms with Gasteiger partial charge in [0.2, 0.25) is 0 Å². The molecule has 16 heavy (non-hydrogen) atoms. The highest BCUT2D eigenvalue weighted by Crippen LogP contribution is 2.33. The lowest BCUT2D eigenvalue weighted by Gasteiger charge is -2.02. The molecule has 1 heterocycles. The van der Waals surface area contributed by atoms with E-state index in [0.717, 1.165) is 21.3 Å². The topological polar surface area (TPSA) is 25.0 Å². The maximum absolute atomic E-state index is 5.28. The van der Waals surface area contributed by atoms with Gasteiger partial charge in [-0.25, -0.2) is 0 Å². The van der Waals surface area contributed by atoms with Gasteiger partial charge in [-0.05, 0) is 28.1 Å². The summed E-state index contributed by atoms with van der Waals surface area (Å²) in [5, 5.41) is 2.45. The number of methoxy groups -OCH3 is 1. The van der Waals surface area contributed by atoms with Crippen LogP contribution in [0.15, 0.2) is 40.9 Å². The molecule has 0 fully saturated rings. The van der Waals surface area contributed by atoms with E-state index >= 15 is 0 Å². The molecule has 3 heteroatoms. The van der Waals surface area contributed by atoms with E-state index in [4.69, 9.17) is 4.74 Å². The van der Waals surface area contributed by atoms with Crippen LogP contribution in [0.1, 0.15) is 0 Å². The predicted molar refractivity (Wildman–Crippen MR) is 70.1 cm³/mol. The Morgan fingerprint density at radius 1 is 1.06 bits per heavy atom. The minimum atomic E-state index is 0.846. The van der Waals surface area contributed by atoms with Gasteiger partial charge in [-0.1, -0.05) is 18.2 Å². The van der Waals surface area contributed by atoms with Gasteiger partial charge < -0.3 is 9.72 Å². The molecule has 0 saturated heterocycles. The first kappa shape index (κ1) is 9.73. The van der Waals surface area contributed by atoms with E-state index in [2.05, 4.69) is 39.1 Å². The van der Waals surface area contributed by atoms with Crippen molar-refractivity contribution < 1.29 is 4.74 Å². The number of aromatic nitrogens is 1. The highest BCUT2D eigenvalue weighted by molar-refractivity contribution is 9.10. The third-order valence-electron chi connectivity index (χ3n) is 2.78. The monoisotopic (exact) mass is 275 g/mol. The number of fused-ring (bicyclic) bond motifs is 3. The van der Waals surface area contributed by atoms with Crippen LogP contribution in [0, 0.1) is 0 Å². The molecule has 0 spiro atoms. The van der Waals surface area contributed by atoms with Crippen molar-refractivity contribution >= 4 is 37.7 Å². The third kappa shape index (κ3) is 1.32. The maximum Gasteiger partial charge on any atom is 0.135 e. The molecule has 0 bridgehead atoms. The maximum atomic E-state index is 5.28. The summed E-state index contributed by atoms with van der Waals surface area (Å²) in [7, 11) is 1.68. The second-order valence-electron chi connectivity index (χ2n) is 3.70. The molecule has 0 radical (unpaired) electrons. The number of para-hydroxylation sites is 1. The van der Waals surface area contributed by atoms with Gasteiger partial charge in [0.25, 0.3) is 0 Å². The second kappa shape index (κ2) is 3.52. The number of ether oxygens (including phenoxy) is 1. The molecule has 0 unspecified atom stereocenters. The highest BCUT2D eigenvalue weighted by atomic mass is 79.9. The van der Waals surface area contributed by atoms with Gasteiger partial charge in [-0.2, -0.15) is 0 Å². The lowest BCUT2D eigenvalue weighted by Crippen LogP contribution is -1.83. The molecule has 1 N–H and O–H groups in total. The summed E-state index contributed by atoms with van der Waals surface area (Å²) in [4.78, 5) is 3.38. The Hall–Kier alpha value is -1.48. The smallest absolute Gasteiger partial charge is 0.135 e. The fraction of sp³-hybridized carbons (Fsp3) is 0.0769. The molecule has 0 amide bonds. The van der Waals surface area contributed by atoms with Crippen LogP contribution < -0.4 is 4.74 Å². The van der Waals surface area contributed by atoms with E-state index in [0.29, 0.717) is 0 Å². The van der Waals surface area contributed by atoms with E-state index in [-0.39, 0.29) is 0 Å². The van der Waals surface area contributed by atoms with E-state index < -0.39 is 0 Å². The van der Waals surface area contributed by atoms with Crippen LogP contribution in [-0.4, -0.2) is 12.1 Å². The Labute approximate surface area is 101 Å². The van der Waals surface area contributed by atoms with Gasteiger partial charge in [0.05, 0.1) is 17.1 Å². The van der Waals surface area contributed by atoms with Crippen molar-refractivity contribution in [2.24, 2.45) is 0 Å². The standard InChI is InChI=1S/C13H10BrNO/c1-16-13-7-12-9(6-10(13)14)8-4-2-3-5-11(8)15-12/h2-7,15H,1H3. The zero-order valence-corrected chi connectivity index (χ0v) is 10.3. The molecule has 2 nitrogen and oxygen atoms in total. The van der Waals surface area contributed by atoms with Crippen LogP contribution in [0.3, 0.4) is 0 Å². The highest BCUT2D eigenvalue weighted by Gasteiger charge is 2.07. The van der Waals surface area contributed by atoms with Crippen molar-refractivity contribution in [1.82, 2.24) is 4.98 Å². The van der Waals surface area contributed by atoms with Crippen LogP contribution in [-0.2, 0) is 0 Å². The van der Waals surface area contributed by atoms with Crippen molar-refractivity contribution in [2.45, 2.75) is 0 Å². The second-order valence-corrected chi connectivity index (χ2v) is 4.56. The van der Waals surface area contributed by atoms with Gasteiger partial charge >= 0.3 is 0 Å².